The second-order valence-corrected chi connectivity index (χ2v) is 13.3. The van der Waals surface area contributed by atoms with Gasteiger partial charge in [0.2, 0.25) is 5.91 Å². The first-order chi connectivity index (χ1) is 16.2. The van der Waals surface area contributed by atoms with Gasteiger partial charge >= 0.3 is 0 Å². The molecule has 1 heterocycles. The quantitative estimate of drug-likeness (QED) is 0.513. The molecule has 34 heavy (non-hydrogen) atoms. The molecule has 1 N–H and O–H groups in total. The minimum Gasteiger partial charge on any atom is -0.393 e. The fraction of sp³-hybridized carbons (Fsp3) is 0.900. The van der Waals surface area contributed by atoms with E-state index in [0.717, 1.165) is 69.1 Å². The number of allylic oxidation sites excluding steroid dienone is 1. The number of aliphatic hydroxyl groups excluding tert-OH is 1. The molecule has 0 aromatic carbocycles. The van der Waals surface area contributed by atoms with E-state index >= 15 is 0 Å². The standard InChI is InChI=1S/C30H49NO3/c1-20(6-11-28(33)31-16-5-17-34-21(2)19-31)25-9-10-26-24-8-7-22-18-23(32)12-14-29(22,3)27(24)13-15-30(25,26)4/h7,20-21,23-27,32H,5-6,8-19H2,1-4H3/t20?,21-,23-,24-,25+,26-,27-,29-,30+/m0/s1. The zero-order valence-electron chi connectivity index (χ0n) is 22.2. The van der Waals surface area contributed by atoms with Crippen molar-refractivity contribution < 1.29 is 14.6 Å². The second-order valence-electron chi connectivity index (χ2n) is 13.3. The van der Waals surface area contributed by atoms with Crippen LogP contribution >= 0.6 is 0 Å². The van der Waals surface area contributed by atoms with Gasteiger partial charge in [-0.3, -0.25) is 4.79 Å². The second kappa shape index (κ2) is 9.54. The number of rotatable bonds is 4. The molecule has 4 aliphatic carbocycles. The molecular formula is C30H49NO3. The summed E-state index contributed by atoms with van der Waals surface area (Å²) < 4.78 is 5.74. The lowest BCUT2D eigenvalue weighted by Crippen LogP contribution is -2.50. The predicted octanol–water partition coefficient (Wildman–Crippen LogP) is 5.98. The Morgan fingerprint density at radius 2 is 2.03 bits per heavy atom. The SMILES string of the molecule is CC(CCC(=O)N1CCCO[C@@H](C)C1)[C@H]1CC[C@H]2[C@@H]3CC=C4C[C@@H](O)CC[C@]4(C)[C@H]3CC[C@]12C. The highest BCUT2D eigenvalue weighted by Gasteiger charge is 2.59. The highest BCUT2D eigenvalue weighted by atomic mass is 16.5. The third kappa shape index (κ3) is 4.29. The van der Waals surface area contributed by atoms with Crippen LogP contribution in [0.1, 0.15) is 98.3 Å². The lowest BCUT2D eigenvalue weighted by molar-refractivity contribution is -0.132. The molecule has 1 saturated heterocycles. The van der Waals surface area contributed by atoms with Crippen LogP contribution in [0, 0.1) is 40.4 Å². The van der Waals surface area contributed by atoms with Gasteiger partial charge in [0, 0.05) is 26.1 Å². The topological polar surface area (TPSA) is 49.8 Å². The average molecular weight is 472 g/mol. The summed E-state index contributed by atoms with van der Waals surface area (Å²) in [5, 5.41) is 10.3. The summed E-state index contributed by atoms with van der Waals surface area (Å²) in [5.74, 6) is 4.17. The number of hydrogen-bond donors (Lipinski definition) is 1. The van der Waals surface area contributed by atoms with Crippen molar-refractivity contribution >= 4 is 5.91 Å². The van der Waals surface area contributed by atoms with Gasteiger partial charge in [-0.1, -0.05) is 32.4 Å². The van der Waals surface area contributed by atoms with E-state index in [1.54, 1.807) is 5.57 Å². The molecule has 1 unspecified atom stereocenters. The molecule has 3 saturated carbocycles. The van der Waals surface area contributed by atoms with Crippen molar-refractivity contribution in [2.45, 2.75) is 111 Å². The van der Waals surface area contributed by atoms with Crippen LogP contribution in [0.15, 0.2) is 11.6 Å². The largest absolute Gasteiger partial charge is 0.393 e. The number of hydrogen-bond acceptors (Lipinski definition) is 3. The van der Waals surface area contributed by atoms with Gasteiger partial charge in [0.05, 0.1) is 12.2 Å². The molecule has 5 rings (SSSR count). The predicted molar refractivity (Wildman–Crippen MR) is 136 cm³/mol. The van der Waals surface area contributed by atoms with Gasteiger partial charge in [0.25, 0.3) is 0 Å². The summed E-state index contributed by atoms with van der Waals surface area (Å²) in [6, 6.07) is 0. The van der Waals surface area contributed by atoms with E-state index in [2.05, 4.69) is 38.7 Å². The maximum Gasteiger partial charge on any atom is 0.222 e. The third-order valence-electron chi connectivity index (χ3n) is 11.5. The highest BCUT2D eigenvalue weighted by Crippen LogP contribution is 2.67. The molecule has 0 spiro atoms. The molecule has 192 valence electrons. The molecule has 0 aromatic rings. The van der Waals surface area contributed by atoms with E-state index in [-0.39, 0.29) is 12.2 Å². The number of aliphatic hydroxyl groups is 1. The zero-order valence-corrected chi connectivity index (χ0v) is 22.2. The first kappa shape index (κ1) is 24.8. The Morgan fingerprint density at radius 1 is 1.21 bits per heavy atom. The summed E-state index contributed by atoms with van der Waals surface area (Å²) in [5.41, 5.74) is 2.34. The average Bonchev–Trinajstić information content (AvgIpc) is 3.01. The Balaban J connectivity index is 1.23. The van der Waals surface area contributed by atoms with Crippen LogP contribution in [0.5, 0.6) is 0 Å². The molecule has 4 fully saturated rings. The summed E-state index contributed by atoms with van der Waals surface area (Å²) in [4.78, 5) is 15.1. The van der Waals surface area contributed by atoms with Crippen LogP contribution in [-0.2, 0) is 9.53 Å². The first-order valence-electron chi connectivity index (χ1n) is 14.5. The van der Waals surface area contributed by atoms with Crippen LogP contribution in [0.4, 0.5) is 0 Å². The lowest BCUT2D eigenvalue weighted by Gasteiger charge is -2.58. The van der Waals surface area contributed by atoms with E-state index < -0.39 is 0 Å². The Bertz CT molecular complexity index is 794. The van der Waals surface area contributed by atoms with E-state index in [1.165, 1.54) is 38.5 Å². The van der Waals surface area contributed by atoms with Crippen molar-refractivity contribution in [1.29, 1.82) is 0 Å². The number of carbonyl (C=O) groups excluding carboxylic acids is 1. The lowest BCUT2D eigenvalue weighted by atomic mass is 9.47. The van der Waals surface area contributed by atoms with Crippen molar-refractivity contribution in [2.24, 2.45) is 40.4 Å². The minimum atomic E-state index is -0.116. The molecule has 4 nitrogen and oxygen atoms in total. The molecule has 4 heteroatoms. The molecule has 0 bridgehead atoms. The van der Waals surface area contributed by atoms with Gasteiger partial charge in [-0.05, 0) is 112 Å². The fourth-order valence-corrected chi connectivity index (χ4v) is 9.55. The number of amides is 1. The van der Waals surface area contributed by atoms with E-state index in [9.17, 15) is 9.90 Å². The van der Waals surface area contributed by atoms with Crippen molar-refractivity contribution in [1.82, 2.24) is 4.90 Å². The molecule has 9 atom stereocenters. The number of nitrogens with zero attached hydrogens (tertiary/aromatic N) is 1. The highest BCUT2D eigenvalue weighted by molar-refractivity contribution is 5.76. The molecular weight excluding hydrogens is 422 g/mol. The van der Waals surface area contributed by atoms with Gasteiger partial charge in [0.15, 0.2) is 0 Å². The number of ether oxygens (including phenoxy) is 1. The van der Waals surface area contributed by atoms with Crippen LogP contribution in [-0.4, -0.2) is 47.8 Å². The molecule has 1 aliphatic heterocycles. The van der Waals surface area contributed by atoms with Crippen LogP contribution in [0.3, 0.4) is 0 Å². The maximum absolute atomic E-state index is 13.0. The molecule has 0 aromatic heterocycles. The summed E-state index contributed by atoms with van der Waals surface area (Å²) >= 11 is 0. The maximum atomic E-state index is 13.0. The van der Waals surface area contributed by atoms with Crippen molar-refractivity contribution in [3.8, 4) is 0 Å². The monoisotopic (exact) mass is 471 g/mol. The van der Waals surface area contributed by atoms with Gasteiger partial charge in [0.1, 0.15) is 0 Å². The summed E-state index contributed by atoms with van der Waals surface area (Å²) in [6.07, 6.45) is 15.0. The number of fused-ring (bicyclic) bond motifs is 5. The van der Waals surface area contributed by atoms with Crippen molar-refractivity contribution in [3.63, 3.8) is 0 Å². The van der Waals surface area contributed by atoms with Crippen LogP contribution in [0.25, 0.3) is 0 Å². The van der Waals surface area contributed by atoms with E-state index in [4.69, 9.17) is 4.74 Å². The minimum absolute atomic E-state index is 0.116. The Labute approximate surface area is 207 Å². The molecule has 0 radical (unpaired) electrons. The van der Waals surface area contributed by atoms with Gasteiger partial charge < -0.3 is 14.7 Å². The van der Waals surface area contributed by atoms with Crippen molar-refractivity contribution in [2.75, 3.05) is 19.7 Å². The molecule has 5 aliphatic rings. The smallest absolute Gasteiger partial charge is 0.222 e. The van der Waals surface area contributed by atoms with Crippen LogP contribution in [0.2, 0.25) is 0 Å². The van der Waals surface area contributed by atoms with Gasteiger partial charge in [-0.25, -0.2) is 0 Å². The summed E-state index contributed by atoms with van der Waals surface area (Å²) in [7, 11) is 0. The molecule has 1 amide bonds. The Hall–Kier alpha value is -0.870. The fourth-order valence-electron chi connectivity index (χ4n) is 9.55. The third-order valence-corrected chi connectivity index (χ3v) is 11.5. The van der Waals surface area contributed by atoms with Gasteiger partial charge in [-0.2, -0.15) is 0 Å². The van der Waals surface area contributed by atoms with Gasteiger partial charge in [-0.15, -0.1) is 0 Å². The van der Waals surface area contributed by atoms with E-state index in [1.807, 2.05) is 0 Å². The van der Waals surface area contributed by atoms with E-state index in [0.29, 0.717) is 29.1 Å². The normalized spacial score (nSPS) is 45.4. The first-order valence-corrected chi connectivity index (χ1v) is 14.5. The Morgan fingerprint density at radius 3 is 2.85 bits per heavy atom. The zero-order chi connectivity index (χ0) is 24.1. The van der Waals surface area contributed by atoms with Crippen molar-refractivity contribution in [3.05, 3.63) is 11.6 Å². The Kier molecular flexibility index (Phi) is 6.96. The van der Waals surface area contributed by atoms with Crippen LogP contribution < -0.4 is 0 Å². The number of carbonyl (C=O) groups is 1. The summed E-state index contributed by atoms with van der Waals surface area (Å²) in [6.45, 7) is 12.1.